The Balaban J connectivity index is 1.84. The molecule has 0 unspecified atom stereocenters. The summed E-state index contributed by atoms with van der Waals surface area (Å²) in [5, 5.41) is 0. The number of hydrazine groups is 1. The number of nitrogens with one attached hydrogen (secondary N) is 2. The van der Waals surface area contributed by atoms with Crippen LogP contribution >= 0.6 is 0 Å². The molecule has 0 aliphatic heterocycles. The van der Waals surface area contributed by atoms with Crippen LogP contribution in [0, 0.1) is 6.92 Å². The lowest BCUT2D eigenvalue weighted by Crippen LogP contribution is -2.36. The molecule has 0 aromatic heterocycles. The molecule has 0 fully saturated rings. The van der Waals surface area contributed by atoms with Crippen LogP contribution in [0.2, 0.25) is 0 Å². The maximum atomic E-state index is 11.8. The summed E-state index contributed by atoms with van der Waals surface area (Å²) in [4.78, 5) is 11.8. The van der Waals surface area contributed by atoms with E-state index in [4.69, 9.17) is 0 Å². The minimum absolute atomic E-state index is 0.120. The van der Waals surface area contributed by atoms with Gasteiger partial charge in [0.15, 0.2) is 0 Å². The van der Waals surface area contributed by atoms with Gasteiger partial charge in [-0.05, 0) is 24.6 Å². The van der Waals surface area contributed by atoms with Gasteiger partial charge in [-0.15, -0.1) is 0 Å². The molecule has 0 saturated heterocycles. The first-order valence-electron chi connectivity index (χ1n) is 5.89. The van der Waals surface area contributed by atoms with E-state index in [0.29, 0.717) is 12.1 Å². The third-order valence-electron chi connectivity index (χ3n) is 2.65. The van der Waals surface area contributed by atoms with Crippen LogP contribution in [0.3, 0.4) is 0 Å². The Labute approximate surface area is 107 Å². The van der Waals surface area contributed by atoms with E-state index in [2.05, 4.69) is 10.9 Å². The minimum atomic E-state index is -0.120. The molecule has 2 aromatic rings. The number of amides is 1. The SMILES string of the molecule is Cc1ccc(C(=O)NNCc2ccccc2)cc1. The van der Waals surface area contributed by atoms with E-state index < -0.39 is 0 Å². The molecule has 0 heterocycles. The predicted molar refractivity (Wildman–Crippen MR) is 71.9 cm³/mol. The molecule has 0 spiro atoms. The van der Waals surface area contributed by atoms with Gasteiger partial charge in [0, 0.05) is 12.1 Å². The first-order valence-corrected chi connectivity index (χ1v) is 5.89. The first kappa shape index (κ1) is 12.3. The lowest BCUT2D eigenvalue weighted by molar-refractivity contribution is 0.0932. The number of aryl methyl sites for hydroxylation is 1. The number of hydrogen-bond donors (Lipinski definition) is 2. The molecule has 3 heteroatoms. The van der Waals surface area contributed by atoms with E-state index in [9.17, 15) is 4.79 Å². The van der Waals surface area contributed by atoms with Crippen LogP contribution in [0.15, 0.2) is 54.6 Å². The Hall–Kier alpha value is -2.13. The Kier molecular flexibility index (Phi) is 4.10. The fourth-order valence-electron chi connectivity index (χ4n) is 1.60. The van der Waals surface area contributed by atoms with Gasteiger partial charge in [-0.3, -0.25) is 10.2 Å². The lowest BCUT2D eigenvalue weighted by atomic mass is 10.1. The van der Waals surface area contributed by atoms with Crippen molar-refractivity contribution < 1.29 is 4.79 Å². The molecule has 2 N–H and O–H groups in total. The number of benzene rings is 2. The number of carbonyl (C=O) groups excluding carboxylic acids is 1. The molecule has 2 rings (SSSR count). The Morgan fingerprint density at radius 1 is 1.00 bits per heavy atom. The second-order valence-corrected chi connectivity index (χ2v) is 4.16. The molecular weight excluding hydrogens is 224 g/mol. The lowest BCUT2D eigenvalue weighted by Gasteiger charge is -2.07. The van der Waals surface area contributed by atoms with Crippen LogP contribution in [0.4, 0.5) is 0 Å². The van der Waals surface area contributed by atoms with Crippen molar-refractivity contribution in [2.75, 3.05) is 0 Å². The average molecular weight is 240 g/mol. The summed E-state index contributed by atoms with van der Waals surface area (Å²) in [7, 11) is 0. The monoisotopic (exact) mass is 240 g/mol. The summed E-state index contributed by atoms with van der Waals surface area (Å²) in [5.74, 6) is -0.120. The van der Waals surface area contributed by atoms with Gasteiger partial charge in [-0.2, -0.15) is 0 Å². The van der Waals surface area contributed by atoms with Gasteiger partial charge in [0.05, 0.1) is 0 Å². The topological polar surface area (TPSA) is 41.1 Å². The quantitative estimate of drug-likeness (QED) is 0.806. The summed E-state index contributed by atoms with van der Waals surface area (Å²) >= 11 is 0. The molecule has 1 amide bonds. The molecule has 0 radical (unpaired) electrons. The molecule has 2 aromatic carbocycles. The largest absolute Gasteiger partial charge is 0.287 e. The van der Waals surface area contributed by atoms with Crippen LogP contribution in [0.25, 0.3) is 0 Å². The van der Waals surface area contributed by atoms with Crippen LogP contribution in [0.5, 0.6) is 0 Å². The average Bonchev–Trinajstić information content (AvgIpc) is 2.40. The van der Waals surface area contributed by atoms with E-state index in [1.54, 1.807) is 0 Å². The van der Waals surface area contributed by atoms with Crippen LogP contribution in [0.1, 0.15) is 21.5 Å². The highest BCUT2D eigenvalue weighted by molar-refractivity contribution is 5.93. The van der Waals surface area contributed by atoms with Crippen LogP contribution in [-0.2, 0) is 6.54 Å². The van der Waals surface area contributed by atoms with Crippen molar-refractivity contribution in [1.29, 1.82) is 0 Å². The van der Waals surface area contributed by atoms with Crippen molar-refractivity contribution in [1.82, 2.24) is 10.9 Å². The van der Waals surface area contributed by atoms with Gasteiger partial charge < -0.3 is 0 Å². The van der Waals surface area contributed by atoms with Crippen molar-refractivity contribution in [2.24, 2.45) is 0 Å². The van der Waals surface area contributed by atoms with Crippen molar-refractivity contribution in [3.63, 3.8) is 0 Å². The molecular formula is C15H16N2O. The molecule has 92 valence electrons. The van der Waals surface area contributed by atoms with E-state index in [1.165, 1.54) is 0 Å². The molecule has 18 heavy (non-hydrogen) atoms. The smallest absolute Gasteiger partial charge is 0.265 e. The minimum Gasteiger partial charge on any atom is -0.287 e. The predicted octanol–water partition coefficient (Wildman–Crippen LogP) is 2.43. The second kappa shape index (κ2) is 5.98. The highest BCUT2D eigenvalue weighted by Gasteiger charge is 2.03. The van der Waals surface area contributed by atoms with E-state index in [0.717, 1.165) is 11.1 Å². The molecule has 0 saturated carbocycles. The zero-order chi connectivity index (χ0) is 12.8. The maximum absolute atomic E-state index is 11.8. The van der Waals surface area contributed by atoms with Crippen LogP contribution < -0.4 is 10.9 Å². The normalized spacial score (nSPS) is 10.1. The molecule has 0 bridgehead atoms. The fraction of sp³-hybridized carbons (Fsp3) is 0.133. The molecule has 0 aliphatic rings. The molecule has 0 aliphatic carbocycles. The standard InChI is InChI=1S/C15H16N2O/c1-12-7-9-14(10-8-12)15(18)17-16-11-13-5-3-2-4-6-13/h2-10,16H,11H2,1H3,(H,17,18). The fourth-order valence-corrected chi connectivity index (χ4v) is 1.60. The van der Waals surface area contributed by atoms with Gasteiger partial charge in [-0.1, -0.05) is 48.0 Å². The first-order chi connectivity index (χ1) is 8.75. The molecule has 0 atom stereocenters. The number of hydrogen-bond acceptors (Lipinski definition) is 2. The van der Waals surface area contributed by atoms with Gasteiger partial charge in [-0.25, -0.2) is 5.43 Å². The van der Waals surface area contributed by atoms with Gasteiger partial charge in [0.25, 0.3) is 5.91 Å². The third-order valence-corrected chi connectivity index (χ3v) is 2.65. The van der Waals surface area contributed by atoms with Crippen molar-refractivity contribution in [3.8, 4) is 0 Å². The van der Waals surface area contributed by atoms with E-state index in [1.807, 2.05) is 61.5 Å². The Morgan fingerprint density at radius 2 is 1.67 bits per heavy atom. The van der Waals surface area contributed by atoms with E-state index >= 15 is 0 Å². The molecule has 3 nitrogen and oxygen atoms in total. The zero-order valence-electron chi connectivity index (χ0n) is 10.3. The summed E-state index contributed by atoms with van der Waals surface area (Å²) in [5.41, 5.74) is 8.52. The summed E-state index contributed by atoms with van der Waals surface area (Å²) in [6.07, 6.45) is 0. The van der Waals surface area contributed by atoms with Crippen molar-refractivity contribution in [2.45, 2.75) is 13.5 Å². The van der Waals surface area contributed by atoms with Crippen molar-refractivity contribution >= 4 is 5.91 Å². The summed E-state index contributed by atoms with van der Waals surface area (Å²) in [6, 6.07) is 17.4. The number of rotatable bonds is 4. The Bertz CT molecular complexity index is 506. The van der Waals surface area contributed by atoms with Crippen molar-refractivity contribution in [3.05, 3.63) is 71.3 Å². The third kappa shape index (κ3) is 3.43. The number of carbonyl (C=O) groups is 1. The second-order valence-electron chi connectivity index (χ2n) is 4.16. The summed E-state index contributed by atoms with van der Waals surface area (Å²) in [6.45, 7) is 2.60. The van der Waals surface area contributed by atoms with Gasteiger partial charge >= 0.3 is 0 Å². The van der Waals surface area contributed by atoms with Gasteiger partial charge in [0.1, 0.15) is 0 Å². The van der Waals surface area contributed by atoms with Gasteiger partial charge in [0.2, 0.25) is 0 Å². The van der Waals surface area contributed by atoms with Crippen LogP contribution in [-0.4, -0.2) is 5.91 Å². The Morgan fingerprint density at radius 3 is 2.33 bits per heavy atom. The maximum Gasteiger partial charge on any atom is 0.265 e. The highest BCUT2D eigenvalue weighted by atomic mass is 16.2. The zero-order valence-corrected chi connectivity index (χ0v) is 10.3. The highest BCUT2D eigenvalue weighted by Crippen LogP contribution is 2.02. The van der Waals surface area contributed by atoms with E-state index in [-0.39, 0.29) is 5.91 Å². The summed E-state index contributed by atoms with van der Waals surface area (Å²) < 4.78 is 0.